The first-order valence-electron chi connectivity index (χ1n) is 11.5. The summed E-state index contributed by atoms with van der Waals surface area (Å²) in [5.74, 6) is -0.587. The third kappa shape index (κ3) is 4.35. The minimum absolute atomic E-state index is 0.109. The molecule has 9 nitrogen and oxygen atoms in total. The highest BCUT2D eigenvalue weighted by molar-refractivity contribution is 6.29. The number of hydrogen-bond donors (Lipinski definition) is 2. The summed E-state index contributed by atoms with van der Waals surface area (Å²) in [6.45, 7) is 6.97. The van der Waals surface area contributed by atoms with Crippen molar-refractivity contribution >= 4 is 40.1 Å². The molecule has 2 fully saturated rings. The maximum atomic E-state index is 11.7. The molecule has 2 aliphatic heterocycles. The lowest BCUT2D eigenvalue weighted by molar-refractivity contribution is 0.0691. The number of carboxylic acid groups (broad SMARTS) is 1. The predicted molar refractivity (Wildman–Crippen MR) is 132 cm³/mol. The van der Waals surface area contributed by atoms with E-state index >= 15 is 0 Å². The molecule has 0 radical (unpaired) electrons. The average molecular weight is 493 g/mol. The molecule has 0 amide bonds. The number of fused-ring (bicyclic) bond motifs is 1. The molecule has 2 atom stereocenters. The van der Waals surface area contributed by atoms with Crippen LogP contribution in [0, 0.1) is 23.7 Å². The van der Waals surface area contributed by atoms with E-state index in [4.69, 9.17) is 21.3 Å². The second-order valence-electron chi connectivity index (χ2n) is 9.40. The number of nitrogens with one attached hydrogen (secondary N) is 1. The third-order valence-electron chi connectivity index (χ3n) is 6.86. The summed E-state index contributed by atoms with van der Waals surface area (Å²) >= 11 is 5.91. The van der Waals surface area contributed by atoms with Crippen LogP contribution >= 0.6 is 11.6 Å². The van der Waals surface area contributed by atoms with Crippen LogP contribution in [0.25, 0.3) is 11.0 Å². The molecule has 0 unspecified atom stereocenters. The van der Waals surface area contributed by atoms with Gasteiger partial charge in [-0.15, -0.1) is 0 Å². The Labute approximate surface area is 207 Å². The highest BCUT2D eigenvalue weighted by Gasteiger charge is 2.42. The molecule has 2 N–H and O–H groups in total. The minimum Gasteiger partial charge on any atom is -0.476 e. The fourth-order valence-corrected chi connectivity index (χ4v) is 5.21. The molecular formula is C25H25ClN6O3. The van der Waals surface area contributed by atoms with Gasteiger partial charge in [0.1, 0.15) is 11.2 Å². The Morgan fingerprint density at radius 1 is 1.31 bits per heavy atom. The van der Waals surface area contributed by atoms with Crippen LogP contribution in [-0.2, 0) is 4.74 Å². The lowest BCUT2D eigenvalue weighted by atomic mass is 9.87. The van der Waals surface area contributed by atoms with Crippen LogP contribution in [0.2, 0.25) is 5.15 Å². The molecule has 0 bridgehead atoms. The van der Waals surface area contributed by atoms with Crippen molar-refractivity contribution in [3.8, 4) is 6.07 Å². The number of aromatic nitrogens is 3. The second kappa shape index (κ2) is 8.95. The number of rotatable bonds is 5. The fraction of sp³-hybridized carbons (Fsp3) is 0.400. The molecule has 35 heavy (non-hydrogen) atoms. The summed E-state index contributed by atoms with van der Waals surface area (Å²) in [5.41, 5.74) is 3.73. The summed E-state index contributed by atoms with van der Waals surface area (Å²) in [7, 11) is 0. The Morgan fingerprint density at radius 3 is 2.86 bits per heavy atom. The Hall–Kier alpha value is -3.48. The Kier molecular flexibility index (Phi) is 5.95. The molecule has 0 aliphatic carbocycles. The van der Waals surface area contributed by atoms with E-state index in [9.17, 15) is 15.2 Å². The van der Waals surface area contributed by atoms with Crippen molar-refractivity contribution in [3.05, 3.63) is 51.9 Å². The van der Waals surface area contributed by atoms with E-state index in [0.717, 1.165) is 50.3 Å². The Morgan fingerprint density at radius 2 is 2.14 bits per heavy atom. The number of aromatic carboxylic acids is 1. The van der Waals surface area contributed by atoms with E-state index < -0.39 is 5.97 Å². The van der Waals surface area contributed by atoms with Crippen LogP contribution in [0.5, 0.6) is 0 Å². The average Bonchev–Trinajstić information content (AvgIpc) is 3.48. The van der Waals surface area contributed by atoms with Crippen LogP contribution < -0.4 is 10.2 Å². The van der Waals surface area contributed by atoms with Crippen LogP contribution in [0.15, 0.2) is 24.3 Å². The molecule has 1 spiro atoms. The first-order chi connectivity index (χ1) is 16.8. The molecule has 0 saturated carbocycles. The second-order valence-corrected chi connectivity index (χ2v) is 9.79. The molecule has 2 saturated heterocycles. The monoisotopic (exact) mass is 492 g/mol. The van der Waals surface area contributed by atoms with E-state index in [-0.39, 0.29) is 22.3 Å². The number of anilines is 2. The van der Waals surface area contributed by atoms with Crippen molar-refractivity contribution in [1.82, 2.24) is 15.0 Å². The molecule has 5 rings (SSSR count). The summed E-state index contributed by atoms with van der Waals surface area (Å²) in [5, 5.41) is 22.8. The number of benzene rings is 1. The molecule has 180 valence electrons. The van der Waals surface area contributed by atoms with Gasteiger partial charge in [0.05, 0.1) is 29.4 Å². The highest BCUT2D eigenvalue weighted by atomic mass is 35.5. The first kappa shape index (κ1) is 23.3. The van der Waals surface area contributed by atoms with E-state index in [1.165, 1.54) is 0 Å². The fourth-order valence-electron chi connectivity index (χ4n) is 5.06. The number of aryl methyl sites for hydroxylation is 1. The largest absolute Gasteiger partial charge is 0.476 e. The predicted octanol–water partition coefficient (Wildman–Crippen LogP) is 4.35. The van der Waals surface area contributed by atoms with Gasteiger partial charge in [0, 0.05) is 30.7 Å². The van der Waals surface area contributed by atoms with Crippen LogP contribution in [0.3, 0.4) is 0 Å². The SMILES string of the molecule is Cc1cc([C@@H](C)Nc2ccc(Cl)nc2C(=O)O)c2nc(N3CC[C@@]4(CCOC4)C3)c(C#N)nc2c1. The van der Waals surface area contributed by atoms with Gasteiger partial charge >= 0.3 is 5.97 Å². The highest BCUT2D eigenvalue weighted by Crippen LogP contribution is 2.40. The molecule has 4 heterocycles. The van der Waals surface area contributed by atoms with Crippen molar-refractivity contribution in [2.75, 3.05) is 36.5 Å². The Balaban J connectivity index is 1.55. The zero-order valence-corrected chi connectivity index (χ0v) is 20.3. The van der Waals surface area contributed by atoms with Gasteiger partial charge in [-0.05, 0) is 50.5 Å². The van der Waals surface area contributed by atoms with Crippen LogP contribution in [0.1, 0.15) is 53.1 Å². The molecule has 2 aromatic heterocycles. The smallest absolute Gasteiger partial charge is 0.356 e. The van der Waals surface area contributed by atoms with Crippen molar-refractivity contribution in [1.29, 1.82) is 5.26 Å². The number of carboxylic acids is 1. The third-order valence-corrected chi connectivity index (χ3v) is 7.07. The van der Waals surface area contributed by atoms with Gasteiger partial charge in [-0.25, -0.2) is 19.7 Å². The Bertz CT molecular complexity index is 1370. The maximum absolute atomic E-state index is 11.7. The number of pyridine rings is 1. The van der Waals surface area contributed by atoms with Gasteiger partial charge in [-0.1, -0.05) is 17.7 Å². The number of ether oxygens (including phenoxy) is 1. The molecule has 3 aromatic rings. The molecule has 2 aliphatic rings. The number of nitrogens with zero attached hydrogens (tertiary/aromatic N) is 5. The summed E-state index contributed by atoms with van der Waals surface area (Å²) in [4.78, 5) is 27.4. The standard InChI is InChI=1S/C25H25ClN6O3/c1-14-9-16(15(2)28-17-3-4-20(26)30-22(17)24(33)34)21-18(10-14)29-19(11-27)23(31-21)32-7-5-25(12-32)6-8-35-13-25/h3-4,9-10,15,28H,5-8,12-13H2,1-2H3,(H,33,34)/t15-,25-/m1/s1. The molecule has 1 aromatic carbocycles. The van der Waals surface area contributed by atoms with Crippen LogP contribution in [-0.4, -0.2) is 52.3 Å². The van der Waals surface area contributed by atoms with Crippen molar-refractivity contribution in [2.45, 2.75) is 32.7 Å². The summed E-state index contributed by atoms with van der Waals surface area (Å²) in [6, 6.07) is 8.97. The summed E-state index contributed by atoms with van der Waals surface area (Å²) in [6.07, 6.45) is 2.01. The number of carbonyl (C=O) groups is 1. The quantitative estimate of drug-likeness (QED) is 0.500. The van der Waals surface area contributed by atoms with Gasteiger partial charge in [0.2, 0.25) is 0 Å². The van der Waals surface area contributed by atoms with Crippen molar-refractivity contribution in [3.63, 3.8) is 0 Å². The lowest BCUT2D eigenvalue weighted by Gasteiger charge is -2.24. The zero-order valence-electron chi connectivity index (χ0n) is 19.5. The van der Waals surface area contributed by atoms with E-state index in [0.29, 0.717) is 28.2 Å². The van der Waals surface area contributed by atoms with E-state index in [2.05, 4.69) is 26.3 Å². The maximum Gasteiger partial charge on any atom is 0.356 e. The molecular weight excluding hydrogens is 468 g/mol. The lowest BCUT2D eigenvalue weighted by Crippen LogP contribution is -2.28. The van der Waals surface area contributed by atoms with Gasteiger partial charge in [-0.3, -0.25) is 0 Å². The minimum atomic E-state index is -1.17. The van der Waals surface area contributed by atoms with Gasteiger partial charge < -0.3 is 20.1 Å². The van der Waals surface area contributed by atoms with Crippen molar-refractivity contribution < 1.29 is 14.6 Å². The molecule has 10 heteroatoms. The topological polar surface area (TPSA) is 124 Å². The number of halogens is 1. The van der Waals surface area contributed by atoms with Crippen molar-refractivity contribution in [2.24, 2.45) is 5.41 Å². The summed E-state index contributed by atoms with van der Waals surface area (Å²) < 4.78 is 5.66. The number of nitriles is 1. The van der Waals surface area contributed by atoms with E-state index in [1.807, 2.05) is 26.0 Å². The van der Waals surface area contributed by atoms with Gasteiger partial charge in [-0.2, -0.15) is 5.26 Å². The van der Waals surface area contributed by atoms with Crippen LogP contribution in [0.4, 0.5) is 11.5 Å². The van der Waals surface area contributed by atoms with Gasteiger partial charge in [0.25, 0.3) is 0 Å². The van der Waals surface area contributed by atoms with Gasteiger partial charge in [0.15, 0.2) is 17.2 Å². The van der Waals surface area contributed by atoms with E-state index in [1.54, 1.807) is 12.1 Å². The normalized spacial score (nSPS) is 20.3. The first-order valence-corrected chi connectivity index (χ1v) is 11.9. The number of hydrogen-bond acceptors (Lipinski definition) is 8. The zero-order chi connectivity index (χ0) is 24.7.